The number of rotatable bonds is 4. The lowest BCUT2D eigenvalue weighted by atomic mass is 10.1. The number of carbonyl (C=O) groups excluding carboxylic acids is 1. The zero-order valence-corrected chi connectivity index (χ0v) is 8.62. The molecule has 2 nitrogen and oxygen atoms in total. The van der Waals surface area contributed by atoms with Crippen LogP contribution < -0.4 is 0 Å². The molecule has 0 amide bonds. The van der Waals surface area contributed by atoms with Gasteiger partial charge in [0.25, 0.3) is 0 Å². The quantitative estimate of drug-likeness (QED) is 0.434. The van der Waals surface area contributed by atoms with Crippen LogP contribution in [-0.2, 0) is 16.0 Å². The van der Waals surface area contributed by atoms with Gasteiger partial charge in [-0.2, -0.15) is 0 Å². The molecular weight excluding hydrogens is 200 g/mol. The van der Waals surface area contributed by atoms with Gasteiger partial charge >= 0.3 is 0 Å². The molecule has 0 atom stereocenters. The molecule has 0 radical (unpaired) electrons. The third kappa shape index (κ3) is 3.62. The second-order valence-electron chi connectivity index (χ2n) is 2.78. The van der Waals surface area contributed by atoms with Gasteiger partial charge < -0.3 is 4.74 Å². The summed E-state index contributed by atoms with van der Waals surface area (Å²) in [5.74, 6) is 0.566. The molecule has 14 heavy (non-hydrogen) atoms. The zero-order chi connectivity index (χ0) is 10.4. The summed E-state index contributed by atoms with van der Waals surface area (Å²) >= 11 is 5.22. The van der Waals surface area contributed by atoms with E-state index in [2.05, 4.69) is 0 Å². The predicted octanol–water partition coefficient (Wildman–Crippen LogP) is 2.52. The third-order valence-electron chi connectivity index (χ3n) is 1.76. The smallest absolute Gasteiger partial charge is 0.248 e. The van der Waals surface area contributed by atoms with Gasteiger partial charge in [-0.15, -0.1) is 0 Å². The Morgan fingerprint density at radius 3 is 2.57 bits per heavy atom. The van der Waals surface area contributed by atoms with Gasteiger partial charge in [0.1, 0.15) is 5.76 Å². The van der Waals surface area contributed by atoms with Crippen molar-refractivity contribution in [3.8, 4) is 0 Å². The van der Waals surface area contributed by atoms with Crippen molar-refractivity contribution >= 4 is 16.8 Å². The molecule has 0 saturated heterocycles. The van der Waals surface area contributed by atoms with Crippen LogP contribution in [0.25, 0.3) is 0 Å². The van der Waals surface area contributed by atoms with Crippen LogP contribution in [0.3, 0.4) is 0 Å². The van der Waals surface area contributed by atoms with E-state index in [1.807, 2.05) is 30.3 Å². The highest BCUT2D eigenvalue weighted by Crippen LogP contribution is 2.08. The number of halogens is 1. The molecule has 0 aromatic heterocycles. The Bertz CT molecular complexity index is 330. The number of allylic oxidation sites excluding steroid dienone is 2. The van der Waals surface area contributed by atoms with Gasteiger partial charge in [0, 0.05) is 12.5 Å². The number of methoxy groups -OCH3 is 1. The second kappa shape index (κ2) is 5.45. The van der Waals surface area contributed by atoms with Gasteiger partial charge in [0.15, 0.2) is 0 Å². The topological polar surface area (TPSA) is 26.3 Å². The second-order valence-corrected chi connectivity index (χ2v) is 3.15. The summed E-state index contributed by atoms with van der Waals surface area (Å²) in [6.45, 7) is 0. The van der Waals surface area contributed by atoms with Gasteiger partial charge in [0.2, 0.25) is 5.24 Å². The van der Waals surface area contributed by atoms with Crippen molar-refractivity contribution in [2.24, 2.45) is 0 Å². The van der Waals surface area contributed by atoms with Crippen LogP contribution in [-0.4, -0.2) is 12.4 Å². The van der Waals surface area contributed by atoms with Crippen LogP contribution in [0.5, 0.6) is 0 Å². The highest BCUT2D eigenvalue weighted by atomic mass is 35.5. The van der Waals surface area contributed by atoms with Gasteiger partial charge in [-0.05, 0) is 17.2 Å². The first-order chi connectivity index (χ1) is 6.72. The lowest BCUT2D eigenvalue weighted by molar-refractivity contribution is -0.107. The molecule has 0 aliphatic rings. The molecule has 0 aliphatic heterocycles. The standard InChI is InChI=1S/C11H11ClO2/c1-14-10(8-11(12)13)7-9-5-3-2-4-6-9/h2-6,8H,7H2,1H3. The van der Waals surface area contributed by atoms with Crippen molar-refractivity contribution in [3.63, 3.8) is 0 Å². The van der Waals surface area contributed by atoms with E-state index in [0.29, 0.717) is 12.2 Å². The minimum absolute atomic E-state index is 0.516. The number of ether oxygens (including phenoxy) is 1. The monoisotopic (exact) mass is 210 g/mol. The first-order valence-electron chi connectivity index (χ1n) is 4.20. The maximum absolute atomic E-state index is 10.6. The molecule has 0 N–H and O–H groups in total. The molecule has 0 saturated carbocycles. The number of hydrogen-bond acceptors (Lipinski definition) is 2. The zero-order valence-electron chi connectivity index (χ0n) is 7.87. The normalized spacial score (nSPS) is 11.1. The van der Waals surface area contributed by atoms with Crippen LogP contribution in [0.2, 0.25) is 0 Å². The maximum Gasteiger partial charge on any atom is 0.248 e. The molecule has 0 bridgehead atoms. The van der Waals surface area contributed by atoms with E-state index < -0.39 is 5.24 Å². The summed E-state index contributed by atoms with van der Waals surface area (Å²) in [6, 6.07) is 9.74. The summed E-state index contributed by atoms with van der Waals surface area (Å²) < 4.78 is 5.02. The number of carbonyl (C=O) groups is 1. The van der Waals surface area contributed by atoms with Gasteiger partial charge in [-0.25, -0.2) is 0 Å². The molecule has 1 rings (SSSR count). The lowest BCUT2D eigenvalue weighted by Gasteiger charge is -2.04. The Morgan fingerprint density at radius 2 is 2.07 bits per heavy atom. The predicted molar refractivity (Wildman–Crippen MR) is 56.1 cm³/mol. The molecule has 0 heterocycles. The summed E-state index contributed by atoms with van der Waals surface area (Å²) in [7, 11) is 1.52. The van der Waals surface area contributed by atoms with Crippen LogP contribution in [0, 0.1) is 0 Å². The van der Waals surface area contributed by atoms with Crippen molar-refractivity contribution in [2.75, 3.05) is 7.11 Å². The largest absolute Gasteiger partial charge is 0.501 e. The molecule has 0 aliphatic carbocycles. The number of hydrogen-bond donors (Lipinski definition) is 0. The van der Waals surface area contributed by atoms with Crippen molar-refractivity contribution in [1.82, 2.24) is 0 Å². The highest BCUT2D eigenvalue weighted by Gasteiger charge is 2.00. The summed E-state index contributed by atoms with van der Waals surface area (Å²) in [5, 5.41) is -0.516. The van der Waals surface area contributed by atoms with Gasteiger partial charge in [0.05, 0.1) is 7.11 Å². The van der Waals surface area contributed by atoms with Crippen LogP contribution in [0.15, 0.2) is 42.2 Å². The summed E-state index contributed by atoms with van der Waals surface area (Å²) in [6.07, 6.45) is 1.87. The Hall–Kier alpha value is -1.28. The van der Waals surface area contributed by atoms with E-state index in [0.717, 1.165) is 5.56 Å². The van der Waals surface area contributed by atoms with Crippen LogP contribution >= 0.6 is 11.6 Å². The van der Waals surface area contributed by atoms with Gasteiger partial charge in [-0.1, -0.05) is 30.3 Å². The highest BCUT2D eigenvalue weighted by molar-refractivity contribution is 6.66. The third-order valence-corrected chi connectivity index (χ3v) is 1.87. The molecule has 0 fully saturated rings. The van der Waals surface area contributed by atoms with Crippen LogP contribution in [0.1, 0.15) is 5.56 Å². The number of benzene rings is 1. The Morgan fingerprint density at radius 1 is 1.43 bits per heavy atom. The molecular formula is C11H11ClO2. The van der Waals surface area contributed by atoms with Crippen LogP contribution in [0.4, 0.5) is 0 Å². The first-order valence-corrected chi connectivity index (χ1v) is 4.58. The maximum atomic E-state index is 10.6. The molecule has 3 heteroatoms. The lowest BCUT2D eigenvalue weighted by Crippen LogP contribution is -1.95. The molecule has 0 unspecified atom stereocenters. The van der Waals surface area contributed by atoms with E-state index in [1.165, 1.54) is 13.2 Å². The van der Waals surface area contributed by atoms with Crippen molar-refractivity contribution < 1.29 is 9.53 Å². The van der Waals surface area contributed by atoms with E-state index in [-0.39, 0.29) is 0 Å². The SMILES string of the molecule is COC(=CC(=O)Cl)Cc1ccccc1. The fourth-order valence-electron chi connectivity index (χ4n) is 1.11. The fourth-order valence-corrected chi connectivity index (χ4v) is 1.23. The first kappa shape index (κ1) is 10.8. The minimum atomic E-state index is -0.516. The average molecular weight is 211 g/mol. The van der Waals surface area contributed by atoms with E-state index in [1.54, 1.807) is 0 Å². The Balaban J connectivity index is 2.71. The van der Waals surface area contributed by atoms with Crippen molar-refractivity contribution in [2.45, 2.75) is 6.42 Å². The fraction of sp³-hybridized carbons (Fsp3) is 0.182. The summed E-state index contributed by atoms with van der Waals surface area (Å²) in [5.41, 5.74) is 1.08. The molecule has 74 valence electrons. The molecule has 0 spiro atoms. The molecule has 1 aromatic carbocycles. The van der Waals surface area contributed by atoms with Gasteiger partial charge in [-0.3, -0.25) is 4.79 Å². The summed E-state index contributed by atoms with van der Waals surface area (Å²) in [4.78, 5) is 10.6. The van der Waals surface area contributed by atoms with E-state index in [4.69, 9.17) is 16.3 Å². The minimum Gasteiger partial charge on any atom is -0.501 e. The Kier molecular flexibility index (Phi) is 4.20. The van der Waals surface area contributed by atoms with E-state index >= 15 is 0 Å². The van der Waals surface area contributed by atoms with Crippen molar-refractivity contribution in [3.05, 3.63) is 47.7 Å². The van der Waals surface area contributed by atoms with E-state index in [9.17, 15) is 4.79 Å². The molecule has 1 aromatic rings. The average Bonchev–Trinajstić information content (AvgIpc) is 2.17. The van der Waals surface area contributed by atoms with Crippen molar-refractivity contribution in [1.29, 1.82) is 0 Å². The Labute approximate surface area is 88.1 Å².